The molecule has 2 rings (SSSR count). The van der Waals surface area contributed by atoms with Crippen LogP contribution in [0, 0.1) is 0 Å². The second-order valence-corrected chi connectivity index (χ2v) is 4.22. The van der Waals surface area contributed by atoms with Crippen molar-refractivity contribution in [2.75, 3.05) is 0 Å². The van der Waals surface area contributed by atoms with Crippen LogP contribution >= 0.6 is 0 Å². The van der Waals surface area contributed by atoms with Gasteiger partial charge in [-0.2, -0.15) is 5.10 Å². The summed E-state index contributed by atoms with van der Waals surface area (Å²) in [6.07, 6.45) is 3.45. The van der Waals surface area contributed by atoms with Crippen molar-refractivity contribution >= 4 is 18.0 Å². The highest BCUT2D eigenvalue weighted by atomic mass is 16.5. The molecule has 1 unspecified atom stereocenters. The van der Waals surface area contributed by atoms with Crippen molar-refractivity contribution in [1.29, 1.82) is 0 Å². The molecule has 0 radical (unpaired) electrons. The molecule has 5 nitrogen and oxygen atoms in total. The van der Waals surface area contributed by atoms with Crippen LogP contribution in [0.25, 0.3) is 5.70 Å². The fourth-order valence-electron chi connectivity index (χ4n) is 1.80. The van der Waals surface area contributed by atoms with Gasteiger partial charge in [-0.1, -0.05) is 30.8 Å². The van der Waals surface area contributed by atoms with Crippen LogP contribution in [-0.4, -0.2) is 22.0 Å². The minimum atomic E-state index is -0.645. The number of nitrogens with zero attached hydrogens (tertiary/aromatic N) is 2. The molecular weight excluding hydrogens is 256 g/mol. The molecule has 1 atom stereocenters. The van der Waals surface area contributed by atoms with Gasteiger partial charge < -0.3 is 4.74 Å². The van der Waals surface area contributed by atoms with Gasteiger partial charge in [-0.05, 0) is 11.6 Å². The Bertz CT molecular complexity index is 615. The molecule has 0 bridgehead atoms. The van der Waals surface area contributed by atoms with E-state index in [9.17, 15) is 9.59 Å². The van der Waals surface area contributed by atoms with Gasteiger partial charge in [0.25, 0.3) is 0 Å². The summed E-state index contributed by atoms with van der Waals surface area (Å²) in [5.74, 6) is -0.414. The second-order valence-electron chi connectivity index (χ2n) is 4.22. The van der Waals surface area contributed by atoms with E-state index in [0.29, 0.717) is 11.3 Å². The van der Waals surface area contributed by atoms with Crippen molar-refractivity contribution < 1.29 is 14.3 Å². The first-order valence-corrected chi connectivity index (χ1v) is 6.03. The third-order valence-corrected chi connectivity index (χ3v) is 2.76. The van der Waals surface area contributed by atoms with Crippen molar-refractivity contribution in [3.05, 3.63) is 60.4 Å². The number of carbonyl (C=O) groups excluding carboxylic acids is 2. The van der Waals surface area contributed by atoms with Crippen molar-refractivity contribution in [3.8, 4) is 0 Å². The van der Waals surface area contributed by atoms with Crippen LogP contribution in [0.3, 0.4) is 0 Å². The van der Waals surface area contributed by atoms with E-state index in [1.165, 1.54) is 6.92 Å². The highest BCUT2D eigenvalue weighted by Crippen LogP contribution is 2.27. The van der Waals surface area contributed by atoms with Gasteiger partial charge in [-0.25, -0.2) is 4.68 Å². The monoisotopic (exact) mass is 270 g/mol. The van der Waals surface area contributed by atoms with E-state index in [0.717, 1.165) is 11.8 Å². The molecule has 0 N–H and O–H groups in total. The third-order valence-electron chi connectivity index (χ3n) is 2.76. The summed E-state index contributed by atoms with van der Waals surface area (Å²) in [5.41, 5.74) is 1.80. The maximum Gasteiger partial charge on any atom is 0.303 e. The number of aldehydes is 1. The summed E-state index contributed by atoms with van der Waals surface area (Å²) in [6, 6.07) is 8.54. The Labute approximate surface area is 116 Å². The standard InChI is InChI=1S/C15H14N2O3/c1-11(17-9-3-8-16-17)15(20-12(2)19)14-6-4-13(10-18)5-7-14/h3-10,15H,1H2,2H3. The molecule has 20 heavy (non-hydrogen) atoms. The lowest BCUT2D eigenvalue weighted by Crippen LogP contribution is -2.14. The summed E-state index contributed by atoms with van der Waals surface area (Å²) >= 11 is 0. The Morgan fingerprint density at radius 3 is 2.60 bits per heavy atom. The van der Waals surface area contributed by atoms with Crippen molar-refractivity contribution in [2.24, 2.45) is 0 Å². The van der Waals surface area contributed by atoms with Gasteiger partial charge >= 0.3 is 5.97 Å². The normalized spacial score (nSPS) is 11.7. The average molecular weight is 270 g/mol. The second kappa shape index (κ2) is 5.97. The summed E-state index contributed by atoms with van der Waals surface area (Å²) in [5, 5.41) is 4.07. The molecule has 1 aromatic carbocycles. The van der Waals surface area contributed by atoms with E-state index in [-0.39, 0.29) is 0 Å². The lowest BCUT2D eigenvalue weighted by atomic mass is 10.1. The van der Waals surface area contributed by atoms with Crippen molar-refractivity contribution in [1.82, 2.24) is 9.78 Å². The Morgan fingerprint density at radius 2 is 2.10 bits per heavy atom. The average Bonchev–Trinajstić information content (AvgIpc) is 2.98. The van der Waals surface area contributed by atoms with Gasteiger partial charge in [0, 0.05) is 24.9 Å². The number of aromatic nitrogens is 2. The summed E-state index contributed by atoms with van der Waals surface area (Å²) < 4.78 is 6.85. The maximum atomic E-state index is 11.3. The van der Waals surface area contributed by atoms with Crippen molar-refractivity contribution in [2.45, 2.75) is 13.0 Å². The predicted octanol–water partition coefficient (Wildman–Crippen LogP) is 2.47. The Morgan fingerprint density at radius 1 is 1.40 bits per heavy atom. The van der Waals surface area contributed by atoms with Crippen LogP contribution < -0.4 is 0 Å². The van der Waals surface area contributed by atoms with Gasteiger partial charge in [-0.3, -0.25) is 9.59 Å². The fourth-order valence-corrected chi connectivity index (χ4v) is 1.80. The molecule has 2 aromatic rings. The van der Waals surface area contributed by atoms with E-state index < -0.39 is 12.1 Å². The van der Waals surface area contributed by atoms with E-state index in [1.807, 2.05) is 0 Å². The largest absolute Gasteiger partial charge is 0.451 e. The predicted molar refractivity (Wildman–Crippen MR) is 73.9 cm³/mol. The first kappa shape index (κ1) is 13.7. The van der Waals surface area contributed by atoms with Gasteiger partial charge in [0.05, 0.1) is 5.70 Å². The topological polar surface area (TPSA) is 61.2 Å². The van der Waals surface area contributed by atoms with Crippen molar-refractivity contribution in [3.63, 3.8) is 0 Å². The Balaban J connectivity index is 2.33. The molecule has 1 heterocycles. The number of hydrogen-bond donors (Lipinski definition) is 0. The minimum absolute atomic E-state index is 0.414. The summed E-state index contributed by atoms with van der Waals surface area (Å²) in [7, 11) is 0. The van der Waals surface area contributed by atoms with Crippen LogP contribution in [0.1, 0.15) is 28.9 Å². The molecule has 0 aliphatic rings. The highest BCUT2D eigenvalue weighted by Gasteiger charge is 2.20. The van der Waals surface area contributed by atoms with E-state index in [2.05, 4.69) is 11.7 Å². The first-order valence-electron chi connectivity index (χ1n) is 6.03. The van der Waals surface area contributed by atoms with E-state index in [1.54, 1.807) is 47.4 Å². The quantitative estimate of drug-likeness (QED) is 0.618. The summed E-state index contributed by atoms with van der Waals surface area (Å²) in [4.78, 5) is 21.9. The molecule has 0 spiro atoms. The first-order chi connectivity index (χ1) is 9.61. The highest BCUT2D eigenvalue weighted by molar-refractivity contribution is 5.75. The number of rotatable bonds is 5. The Hall–Kier alpha value is -2.69. The third kappa shape index (κ3) is 3.00. The van der Waals surface area contributed by atoms with E-state index >= 15 is 0 Å². The van der Waals surface area contributed by atoms with Crippen LogP contribution in [0.15, 0.2) is 49.3 Å². The smallest absolute Gasteiger partial charge is 0.303 e. The fraction of sp³-hybridized carbons (Fsp3) is 0.133. The molecule has 0 saturated heterocycles. The lowest BCUT2D eigenvalue weighted by molar-refractivity contribution is -0.144. The van der Waals surface area contributed by atoms with Crippen LogP contribution in [0.4, 0.5) is 0 Å². The molecule has 0 saturated carbocycles. The molecular formula is C15H14N2O3. The SMILES string of the molecule is C=C(C(OC(C)=O)c1ccc(C=O)cc1)n1cccn1. The number of benzene rings is 1. The number of ether oxygens (including phenoxy) is 1. The van der Waals surface area contributed by atoms with Gasteiger partial charge in [0.2, 0.25) is 0 Å². The minimum Gasteiger partial charge on any atom is -0.451 e. The zero-order valence-corrected chi connectivity index (χ0v) is 11.0. The van der Waals surface area contributed by atoms with Gasteiger partial charge in [-0.15, -0.1) is 0 Å². The number of carbonyl (C=O) groups is 2. The molecule has 0 amide bonds. The zero-order chi connectivity index (χ0) is 14.5. The van der Waals surface area contributed by atoms with Crippen LogP contribution in [0.5, 0.6) is 0 Å². The van der Waals surface area contributed by atoms with Crippen LogP contribution in [0.2, 0.25) is 0 Å². The van der Waals surface area contributed by atoms with E-state index in [4.69, 9.17) is 4.74 Å². The maximum absolute atomic E-state index is 11.3. The Kier molecular flexibility index (Phi) is 4.10. The molecule has 1 aromatic heterocycles. The lowest BCUT2D eigenvalue weighted by Gasteiger charge is -2.20. The molecule has 5 heteroatoms. The molecule has 0 aliphatic carbocycles. The molecule has 102 valence electrons. The number of hydrogen-bond acceptors (Lipinski definition) is 4. The van der Waals surface area contributed by atoms with Gasteiger partial charge in [0.15, 0.2) is 6.10 Å². The zero-order valence-electron chi connectivity index (χ0n) is 11.0. The van der Waals surface area contributed by atoms with Gasteiger partial charge in [0.1, 0.15) is 6.29 Å². The number of esters is 1. The summed E-state index contributed by atoms with van der Waals surface area (Å²) in [6.45, 7) is 5.26. The molecule has 0 fully saturated rings. The van der Waals surface area contributed by atoms with Crippen LogP contribution in [-0.2, 0) is 9.53 Å². The molecule has 0 aliphatic heterocycles.